The molecule has 12 N–H and O–H groups in total. The molecular weight excluding hydrogens is 580 g/mol. The third-order valence-electron chi connectivity index (χ3n) is 7.49. The van der Waals surface area contributed by atoms with Crippen LogP contribution in [0.4, 0.5) is 0 Å². The predicted molar refractivity (Wildman–Crippen MR) is 140 cm³/mol. The maximum absolute atomic E-state index is 10.6. The molecule has 5 rings (SSSR count). The van der Waals surface area contributed by atoms with E-state index in [-0.39, 0.29) is 34.1 Å². The first-order chi connectivity index (χ1) is 20.3. The fourth-order valence-corrected chi connectivity index (χ4v) is 5.03. The van der Waals surface area contributed by atoms with Crippen LogP contribution in [0.3, 0.4) is 0 Å². The van der Waals surface area contributed by atoms with Gasteiger partial charge in [-0.25, -0.2) is 0 Å². The second kappa shape index (κ2) is 11.8. The number of phenols is 4. The van der Waals surface area contributed by atoms with Crippen molar-refractivity contribution in [3.05, 3.63) is 41.2 Å². The SMILES string of the molecule is C[C@H]1O[C@@H](OC2=Cc3c(O[C@@H]4O[C@H](CO)[C@@H](O)[C@H](O)[C@H]4O)cc(O)cc3[OH+]C2c2cc(O)c(O)c(O)c2)[C@@H](O)[C@@H](O)[C@H]1O. The minimum atomic E-state index is -1.79. The Bertz CT molecular complexity index is 1340. The van der Waals surface area contributed by atoms with Gasteiger partial charge in [0.05, 0.1) is 24.3 Å². The number of benzene rings is 2. The van der Waals surface area contributed by atoms with E-state index in [4.69, 9.17) is 18.9 Å². The quantitative estimate of drug-likeness (QED) is 0.123. The van der Waals surface area contributed by atoms with E-state index in [0.29, 0.717) is 0 Å². The average Bonchev–Trinajstić information content (AvgIpc) is 2.97. The second-order valence-electron chi connectivity index (χ2n) is 10.5. The summed E-state index contributed by atoms with van der Waals surface area (Å²) in [7, 11) is 0. The highest BCUT2D eigenvalue weighted by molar-refractivity contribution is 5.70. The maximum atomic E-state index is 10.6. The number of aliphatic hydroxyl groups excluding tert-OH is 7. The van der Waals surface area contributed by atoms with Gasteiger partial charge in [-0.05, 0) is 19.1 Å². The van der Waals surface area contributed by atoms with E-state index in [0.717, 1.165) is 18.2 Å². The second-order valence-corrected chi connectivity index (χ2v) is 10.5. The molecule has 1 unspecified atom stereocenters. The molecule has 0 aromatic heterocycles. The van der Waals surface area contributed by atoms with Gasteiger partial charge in [0, 0.05) is 12.1 Å². The number of aliphatic hydroxyl groups is 8. The summed E-state index contributed by atoms with van der Waals surface area (Å²) in [6, 6.07) is 4.51. The molecule has 2 aromatic rings. The molecule has 16 heteroatoms. The Kier molecular flexibility index (Phi) is 8.50. The van der Waals surface area contributed by atoms with Gasteiger partial charge in [0.15, 0.2) is 23.0 Å². The molecular formula is C27H33O16+. The van der Waals surface area contributed by atoms with Gasteiger partial charge in [-0.1, -0.05) is 0 Å². The average molecular weight is 614 g/mol. The summed E-state index contributed by atoms with van der Waals surface area (Å²) in [6.45, 7) is 0.723. The minimum Gasteiger partial charge on any atom is -0.571 e. The fraction of sp³-hybridized carbons (Fsp3) is 0.481. The molecule has 0 saturated carbocycles. The molecule has 2 aromatic carbocycles. The fourth-order valence-electron chi connectivity index (χ4n) is 5.03. The molecule has 0 spiro atoms. The Hall–Kier alpha value is -3.58. The highest BCUT2D eigenvalue weighted by atomic mass is 16.7. The van der Waals surface area contributed by atoms with Gasteiger partial charge in [0.1, 0.15) is 59.8 Å². The lowest BCUT2D eigenvalue weighted by Crippen LogP contribution is -2.60. The zero-order valence-corrected chi connectivity index (χ0v) is 22.4. The van der Waals surface area contributed by atoms with Crippen molar-refractivity contribution in [1.29, 1.82) is 0 Å². The lowest BCUT2D eigenvalue weighted by atomic mass is 9.98. The molecule has 3 aliphatic rings. The summed E-state index contributed by atoms with van der Waals surface area (Å²) in [5, 5.41) is 112. The van der Waals surface area contributed by atoms with Crippen molar-refractivity contribution in [2.75, 3.05) is 6.61 Å². The van der Waals surface area contributed by atoms with Crippen molar-refractivity contribution in [3.63, 3.8) is 0 Å². The lowest BCUT2D eigenvalue weighted by Gasteiger charge is -2.40. The number of aromatic hydroxyl groups is 5. The standard InChI is InChI=1S/C27H32O16/c1-8-18(32)21(35)23(37)26(39-8)42-16-6-11-14(40-25(16)9-2-12(30)19(33)13(31)3-9)4-10(29)5-15(11)41-27-24(38)22(36)20(34)17(7-28)43-27/h2-6,8,17-18,20-38H,7H2,1H3/p+1/t8-,17-,18+,20-,21+,22+,23+,24-,25?,26+,27-/m1/s1. The van der Waals surface area contributed by atoms with Crippen LogP contribution in [0.1, 0.15) is 24.2 Å². The molecule has 16 nitrogen and oxygen atoms in total. The van der Waals surface area contributed by atoms with E-state index < -0.39 is 91.4 Å². The Morgan fingerprint density at radius 1 is 0.744 bits per heavy atom. The summed E-state index contributed by atoms with van der Waals surface area (Å²) >= 11 is 0. The number of fused-ring (bicyclic) bond motifs is 1. The molecule has 2 saturated heterocycles. The highest BCUT2D eigenvalue weighted by Gasteiger charge is 2.47. The third kappa shape index (κ3) is 5.72. The zero-order valence-electron chi connectivity index (χ0n) is 22.4. The zero-order chi connectivity index (χ0) is 31.3. The van der Waals surface area contributed by atoms with Crippen LogP contribution in [0, 0.1) is 0 Å². The van der Waals surface area contributed by atoms with Crippen molar-refractivity contribution in [2.24, 2.45) is 0 Å². The van der Waals surface area contributed by atoms with Crippen molar-refractivity contribution < 1.29 is 79.9 Å². The van der Waals surface area contributed by atoms with E-state index in [1.165, 1.54) is 19.1 Å². The van der Waals surface area contributed by atoms with E-state index >= 15 is 0 Å². The van der Waals surface area contributed by atoms with Crippen LogP contribution in [0.5, 0.6) is 34.5 Å². The Morgan fingerprint density at radius 3 is 1.98 bits per heavy atom. The van der Waals surface area contributed by atoms with E-state index in [1.54, 1.807) is 0 Å². The number of ether oxygens (including phenoxy) is 5. The van der Waals surface area contributed by atoms with Crippen molar-refractivity contribution in [2.45, 2.75) is 74.4 Å². The number of hydrogen-bond acceptors (Lipinski definition) is 15. The summed E-state index contributed by atoms with van der Waals surface area (Å²) in [6.07, 6.45) is -15.3. The lowest BCUT2D eigenvalue weighted by molar-refractivity contribution is -0.287. The summed E-state index contributed by atoms with van der Waals surface area (Å²) in [5.41, 5.74) is 0.176. The smallest absolute Gasteiger partial charge is 0.270 e. The normalized spacial score (nSPS) is 35.8. The first kappa shape index (κ1) is 30.9. The molecule has 2 fully saturated rings. The Labute approximate surface area is 243 Å². The first-order valence-electron chi connectivity index (χ1n) is 13.2. The molecule has 0 radical (unpaired) electrons. The molecule has 11 atom stereocenters. The van der Waals surface area contributed by atoms with E-state index in [9.17, 15) is 56.2 Å². The summed E-state index contributed by atoms with van der Waals surface area (Å²) < 4.78 is 27.2. The van der Waals surface area contributed by atoms with E-state index in [2.05, 4.69) is 4.74 Å². The number of rotatable bonds is 6. The van der Waals surface area contributed by atoms with Crippen molar-refractivity contribution >= 4 is 6.08 Å². The predicted octanol–water partition coefficient (Wildman–Crippen LogP) is -2.13. The van der Waals surface area contributed by atoms with Gasteiger partial charge in [0.25, 0.3) is 11.9 Å². The van der Waals surface area contributed by atoms with Crippen molar-refractivity contribution in [1.82, 2.24) is 0 Å². The topological polar surface area (TPSA) is 272 Å². The molecule has 3 heterocycles. The Balaban J connectivity index is 1.56. The molecule has 0 aliphatic carbocycles. The van der Waals surface area contributed by atoms with Gasteiger partial charge in [-0.15, -0.1) is 0 Å². The van der Waals surface area contributed by atoms with Gasteiger partial charge in [0.2, 0.25) is 12.6 Å². The molecule has 0 bridgehead atoms. The minimum absolute atomic E-state index is 0.0536. The molecule has 3 aliphatic heterocycles. The summed E-state index contributed by atoms with van der Waals surface area (Å²) in [4.78, 5) is 0. The monoisotopic (exact) mass is 613 g/mol. The van der Waals surface area contributed by atoms with Crippen molar-refractivity contribution in [3.8, 4) is 34.5 Å². The van der Waals surface area contributed by atoms with Gasteiger partial charge < -0.3 is 79.9 Å². The molecule has 236 valence electrons. The molecule has 43 heavy (non-hydrogen) atoms. The largest absolute Gasteiger partial charge is 0.571 e. The van der Waals surface area contributed by atoms with Crippen LogP contribution in [0.25, 0.3) is 6.08 Å². The van der Waals surface area contributed by atoms with Crippen LogP contribution in [-0.2, 0) is 14.2 Å². The van der Waals surface area contributed by atoms with Crippen LogP contribution in [0.15, 0.2) is 30.0 Å². The third-order valence-corrected chi connectivity index (χ3v) is 7.49. The Morgan fingerprint density at radius 2 is 1.35 bits per heavy atom. The van der Waals surface area contributed by atoms with Gasteiger partial charge in [-0.3, -0.25) is 0 Å². The number of phenolic OH excluding ortho intramolecular Hbond substituents is 4. The molecule has 0 amide bonds. The van der Waals surface area contributed by atoms with Gasteiger partial charge >= 0.3 is 0 Å². The summed E-state index contributed by atoms with van der Waals surface area (Å²) in [5.74, 6) is -2.80. The van der Waals surface area contributed by atoms with Crippen LogP contribution in [-0.4, -0.2) is 129 Å². The van der Waals surface area contributed by atoms with Crippen LogP contribution < -0.4 is 4.74 Å². The van der Waals surface area contributed by atoms with Crippen LogP contribution in [0.2, 0.25) is 0 Å². The number of hydrogen-bond donors (Lipinski definition) is 11. The van der Waals surface area contributed by atoms with Gasteiger partial charge in [-0.2, -0.15) is 0 Å². The highest BCUT2D eigenvalue weighted by Crippen LogP contribution is 2.48. The maximum Gasteiger partial charge on any atom is 0.270 e. The van der Waals surface area contributed by atoms with Crippen LogP contribution >= 0.6 is 0 Å². The van der Waals surface area contributed by atoms with E-state index in [1.807, 2.05) is 0 Å². The first-order valence-corrected chi connectivity index (χ1v) is 13.2.